The molecule has 0 amide bonds. The van der Waals surface area contributed by atoms with Crippen LogP contribution in [0.5, 0.6) is 0 Å². The van der Waals surface area contributed by atoms with Crippen LogP contribution in [0.1, 0.15) is 28.4 Å². The average Bonchev–Trinajstić information content (AvgIpc) is 2.30. The highest BCUT2D eigenvalue weighted by molar-refractivity contribution is 8.00. The van der Waals surface area contributed by atoms with Crippen molar-refractivity contribution < 1.29 is 22.7 Å². The summed E-state index contributed by atoms with van der Waals surface area (Å²) < 4.78 is 42.3. The number of alkyl halides is 3. The SMILES string of the molecule is CCOC(=O)c1ccc(C#N)c(C)c1SC(F)(F)F. The van der Waals surface area contributed by atoms with Crippen molar-refractivity contribution in [3.8, 4) is 6.07 Å². The van der Waals surface area contributed by atoms with E-state index in [4.69, 9.17) is 10.00 Å². The maximum atomic E-state index is 12.5. The normalized spacial score (nSPS) is 10.9. The number of ether oxygens (including phenoxy) is 1. The van der Waals surface area contributed by atoms with E-state index in [9.17, 15) is 18.0 Å². The summed E-state index contributed by atoms with van der Waals surface area (Å²) in [4.78, 5) is 11.3. The molecule has 0 bridgehead atoms. The van der Waals surface area contributed by atoms with Gasteiger partial charge in [-0.3, -0.25) is 0 Å². The Hall–Kier alpha value is -1.68. The van der Waals surface area contributed by atoms with Gasteiger partial charge in [0.1, 0.15) is 0 Å². The quantitative estimate of drug-likeness (QED) is 0.629. The number of esters is 1. The molecule has 0 heterocycles. The van der Waals surface area contributed by atoms with Crippen LogP contribution in [-0.4, -0.2) is 18.1 Å². The van der Waals surface area contributed by atoms with Crippen LogP contribution in [0.15, 0.2) is 17.0 Å². The molecule has 102 valence electrons. The van der Waals surface area contributed by atoms with Gasteiger partial charge in [-0.15, -0.1) is 0 Å². The van der Waals surface area contributed by atoms with E-state index in [0.717, 1.165) is 0 Å². The van der Waals surface area contributed by atoms with Crippen LogP contribution >= 0.6 is 11.8 Å². The highest BCUT2D eigenvalue weighted by Gasteiger charge is 2.33. The lowest BCUT2D eigenvalue weighted by atomic mass is 10.1. The number of thioether (sulfide) groups is 1. The summed E-state index contributed by atoms with van der Waals surface area (Å²) in [6.07, 6.45) is 0. The third-order valence-corrected chi connectivity index (χ3v) is 3.20. The summed E-state index contributed by atoms with van der Waals surface area (Å²) in [5.41, 5.74) is -4.50. The van der Waals surface area contributed by atoms with E-state index < -0.39 is 23.2 Å². The smallest absolute Gasteiger partial charge is 0.446 e. The summed E-state index contributed by atoms with van der Waals surface area (Å²) >= 11 is -0.414. The second kappa shape index (κ2) is 5.97. The lowest BCUT2D eigenvalue weighted by molar-refractivity contribution is -0.0328. The summed E-state index contributed by atoms with van der Waals surface area (Å²) in [7, 11) is 0. The molecule has 0 aliphatic carbocycles. The Balaban J connectivity index is 3.35. The van der Waals surface area contributed by atoms with Crippen LogP contribution in [0.4, 0.5) is 13.2 Å². The lowest BCUT2D eigenvalue weighted by Gasteiger charge is -2.14. The molecule has 0 unspecified atom stereocenters. The van der Waals surface area contributed by atoms with Crippen LogP contribution in [0, 0.1) is 18.3 Å². The summed E-state index contributed by atoms with van der Waals surface area (Å²) in [5, 5.41) is 8.82. The van der Waals surface area contributed by atoms with Gasteiger partial charge in [-0.25, -0.2) is 4.79 Å². The lowest BCUT2D eigenvalue weighted by Crippen LogP contribution is -2.10. The molecule has 1 aromatic carbocycles. The molecular formula is C12H10F3NO2S. The first-order chi connectivity index (χ1) is 8.80. The fourth-order valence-corrected chi connectivity index (χ4v) is 2.19. The van der Waals surface area contributed by atoms with Gasteiger partial charge in [0.15, 0.2) is 0 Å². The molecule has 0 aliphatic rings. The third-order valence-electron chi connectivity index (χ3n) is 2.24. The summed E-state index contributed by atoms with van der Waals surface area (Å²) in [6.45, 7) is 2.99. The maximum absolute atomic E-state index is 12.5. The van der Waals surface area contributed by atoms with E-state index in [-0.39, 0.29) is 28.2 Å². The molecule has 0 N–H and O–H groups in total. The predicted octanol–water partition coefficient (Wildman–Crippen LogP) is 3.66. The van der Waals surface area contributed by atoms with Crippen molar-refractivity contribution in [2.24, 2.45) is 0 Å². The Morgan fingerprint density at radius 1 is 1.47 bits per heavy atom. The fraction of sp³-hybridized carbons (Fsp3) is 0.333. The molecule has 0 aliphatic heterocycles. The number of hydrogen-bond acceptors (Lipinski definition) is 4. The summed E-state index contributed by atoms with van der Waals surface area (Å²) in [6, 6.07) is 4.27. The van der Waals surface area contributed by atoms with Gasteiger partial charge >= 0.3 is 11.5 Å². The first kappa shape index (κ1) is 15.4. The monoisotopic (exact) mass is 289 g/mol. The van der Waals surface area contributed by atoms with Gasteiger partial charge < -0.3 is 4.74 Å². The van der Waals surface area contributed by atoms with Crippen molar-refractivity contribution in [1.82, 2.24) is 0 Å². The minimum absolute atomic E-state index is 0.0635. The number of carbonyl (C=O) groups excluding carboxylic acids is 1. The second-order valence-corrected chi connectivity index (χ2v) is 4.57. The molecule has 1 rings (SSSR count). The van der Waals surface area contributed by atoms with Crippen LogP contribution in [0.25, 0.3) is 0 Å². The molecule has 0 saturated carbocycles. The molecule has 1 aromatic rings. The van der Waals surface area contributed by atoms with Crippen molar-refractivity contribution >= 4 is 17.7 Å². The molecule has 7 heteroatoms. The van der Waals surface area contributed by atoms with E-state index in [0.29, 0.717) is 0 Å². The van der Waals surface area contributed by atoms with Gasteiger partial charge in [0.2, 0.25) is 0 Å². The van der Waals surface area contributed by atoms with Crippen molar-refractivity contribution in [3.05, 3.63) is 28.8 Å². The number of nitrogens with zero attached hydrogens (tertiary/aromatic N) is 1. The molecule has 0 saturated heterocycles. The molecule has 19 heavy (non-hydrogen) atoms. The minimum Gasteiger partial charge on any atom is -0.462 e. The van der Waals surface area contributed by atoms with Crippen LogP contribution in [0.3, 0.4) is 0 Å². The van der Waals surface area contributed by atoms with Crippen LogP contribution in [-0.2, 0) is 4.74 Å². The average molecular weight is 289 g/mol. The van der Waals surface area contributed by atoms with Gasteiger partial charge in [0.25, 0.3) is 0 Å². The Kier molecular flexibility index (Phi) is 4.84. The largest absolute Gasteiger partial charge is 0.462 e. The highest BCUT2D eigenvalue weighted by Crippen LogP contribution is 2.41. The van der Waals surface area contributed by atoms with E-state index >= 15 is 0 Å². The van der Waals surface area contributed by atoms with E-state index in [1.807, 2.05) is 0 Å². The zero-order valence-corrected chi connectivity index (χ0v) is 11.0. The third kappa shape index (κ3) is 3.89. The van der Waals surface area contributed by atoms with Crippen molar-refractivity contribution in [3.63, 3.8) is 0 Å². The zero-order chi connectivity index (χ0) is 14.6. The first-order valence-corrected chi connectivity index (χ1v) is 6.08. The fourth-order valence-electron chi connectivity index (χ4n) is 1.43. The van der Waals surface area contributed by atoms with Crippen molar-refractivity contribution in [2.75, 3.05) is 6.61 Å². The Morgan fingerprint density at radius 2 is 2.11 bits per heavy atom. The molecular weight excluding hydrogens is 279 g/mol. The van der Waals surface area contributed by atoms with Gasteiger partial charge in [0, 0.05) is 4.90 Å². The van der Waals surface area contributed by atoms with Crippen LogP contribution in [0.2, 0.25) is 0 Å². The molecule has 0 fully saturated rings. The highest BCUT2D eigenvalue weighted by atomic mass is 32.2. The number of benzene rings is 1. The second-order valence-electron chi connectivity index (χ2n) is 3.49. The Labute approximate surface area is 112 Å². The Bertz CT molecular complexity index is 535. The number of carbonyl (C=O) groups is 1. The topological polar surface area (TPSA) is 50.1 Å². The number of halogens is 3. The van der Waals surface area contributed by atoms with Crippen LogP contribution < -0.4 is 0 Å². The van der Waals surface area contributed by atoms with Gasteiger partial charge in [-0.2, -0.15) is 18.4 Å². The van der Waals surface area contributed by atoms with Gasteiger partial charge in [-0.1, -0.05) is 0 Å². The molecule has 0 spiro atoms. The van der Waals surface area contributed by atoms with Gasteiger partial charge in [0.05, 0.1) is 23.8 Å². The first-order valence-electron chi connectivity index (χ1n) is 5.26. The van der Waals surface area contributed by atoms with E-state index in [1.54, 1.807) is 13.0 Å². The van der Waals surface area contributed by atoms with E-state index in [2.05, 4.69) is 0 Å². The summed E-state index contributed by atoms with van der Waals surface area (Å²) in [5.74, 6) is -0.832. The van der Waals surface area contributed by atoms with Crippen molar-refractivity contribution in [1.29, 1.82) is 5.26 Å². The molecule has 0 aromatic heterocycles. The number of hydrogen-bond donors (Lipinski definition) is 0. The van der Waals surface area contributed by atoms with Crippen molar-refractivity contribution in [2.45, 2.75) is 24.3 Å². The molecule has 0 radical (unpaired) electrons. The standard InChI is InChI=1S/C12H10F3NO2S/c1-3-18-11(17)9-5-4-8(6-16)7(2)10(9)19-12(13,14)15/h4-5H,3H2,1-2H3. The number of rotatable bonds is 3. The number of nitriles is 1. The predicted molar refractivity (Wildman–Crippen MR) is 63.8 cm³/mol. The Morgan fingerprint density at radius 3 is 2.58 bits per heavy atom. The van der Waals surface area contributed by atoms with E-state index in [1.165, 1.54) is 19.1 Å². The maximum Gasteiger partial charge on any atom is 0.446 e. The molecule has 0 atom stereocenters. The zero-order valence-electron chi connectivity index (χ0n) is 10.2. The molecule has 3 nitrogen and oxygen atoms in total. The minimum atomic E-state index is -4.54. The van der Waals surface area contributed by atoms with Gasteiger partial charge in [-0.05, 0) is 43.3 Å².